The lowest BCUT2D eigenvalue weighted by Crippen LogP contribution is -2.30. The molecule has 0 bridgehead atoms. The standard InChI is InChI=1S/C13H19NO2.C2H6/c1-13(2)15-10-12(16-13)9-14-8-11-6-4-3-5-7-11;1-2/h3-7,12,14H,8-10H2,1-2H3;1-2H3/t12-;/m0./s1. The number of benzene rings is 1. The lowest BCUT2D eigenvalue weighted by molar-refractivity contribution is -0.137. The van der Waals surface area contributed by atoms with Crippen molar-refractivity contribution in [1.29, 1.82) is 0 Å². The largest absolute Gasteiger partial charge is 0.348 e. The topological polar surface area (TPSA) is 30.5 Å². The fourth-order valence-electron chi connectivity index (χ4n) is 1.84. The van der Waals surface area contributed by atoms with Gasteiger partial charge in [0.1, 0.15) is 0 Å². The van der Waals surface area contributed by atoms with Crippen molar-refractivity contribution < 1.29 is 9.47 Å². The third-order valence-corrected chi connectivity index (χ3v) is 2.61. The highest BCUT2D eigenvalue weighted by Gasteiger charge is 2.32. The first-order valence-electron chi connectivity index (χ1n) is 6.72. The van der Waals surface area contributed by atoms with Crippen LogP contribution in [0.15, 0.2) is 30.3 Å². The van der Waals surface area contributed by atoms with Crippen molar-refractivity contribution in [2.45, 2.75) is 46.1 Å². The highest BCUT2D eigenvalue weighted by Crippen LogP contribution is 2.21. The number of hydrogen-bond acceptors (Lipinski definition) is 3. The van der Waals surface area contributed by atoms with E-state index in [0.29, 0.717) is 6.61 Å². The van der Waals surface area contributed by atoms with Gasteiger partial charge in [0.15, 0.2) is 5.79 Å². The highest BCUT2D eigenvalue weighted by atomic mass is 16.7. The summed E-state index contributed by atoms with van der Waals surface area (Å²) in [7, 11) is 0. The second kappa shape index (κ2) is 7.52. The maximum Gasteiger partial charge on any atom is 0.163 e. The van der Waals surface area contributed by atoms with Crippen LogP contribution in [0.2, 0.25) is 0 Å². The zero-order valence-electron chi connectivity index (χ0n) is 11.9. The molecule has 0 saturated carbocycles. The van der Waals surface area contributed by atoms with Crippen LogP contribution >= 0.6 is 0 Å². The van der Waals surface area contributed by atoms with Crippen LogP contribution in [0.5, 0.6) is 0 Å². The summed E-state index contributed by atoms with van der Waals surface area (Å²) in [6, 6.07) is 10.4. The van der Waals surface area contributed by atoms with E-state index in [4.69, 9.17) is 9.47 Å². The van der Waals surface area contributed by atoms with Crippen molar-refractivity contribution in [3.63, 3.8) is 0 Å². The van der Waals surface area contributed by atoms with Crippen molar-refractivity contribution >= 4 is 0 Å². The van der Waals surface area contributed by atoms with E-state index in [0.717, 1.165) is 13.1 Å². The van der Waals surface area contributed by atoms with Crippen LogP contribution < -0.4 is 5.32 Å². The number of rotatable bonds is 4. The Bertz CT molecular complexity index is 325. The van der Waals surface area contributed by atoms with Gasteiger partial charge in [-0.3, -0.25) is 0 Å². The van der Waals surface area contributed by atoms with Crippen LogP contribution in [0.3, 0.4) is 0 Å². The van der Waals surface area contributed by atoms with Crippen molar-refractivity contribution in [2.24, 2.45) is 0 Å². The van der Waals surface area contributed by atoms with Gasteiger partial charge in [-0.1, -0.05) is 44.2 Å². The Morgan fingerprint density at radius 1 is 1.22 bits per heavy atom. The molecule has 2 rings (SSSR count). The maximum absolute atomic E-state index is 5.70. The zero-order chi connectivity index (χ0) is 13.4. The molecule has 3 nitrogen and oxygen atoms in total. The van der Waals surface area contributed by atoms with Gasteiger partial charge in [0.2, 0.25) is 0 Å². The van der Waals surface area contributed by atoms with Gasteiger partial charge >= 0.3 is 0 Å². The SMILES string of the molecule is CC.CC1(C)OC[C@H](CNCc2ccccc2)O1. The summed E-state index contributed by atoms with van der Waals surface area (Å²) in [5, 5.41) is 3.38. The normalized spacial score (nSPS) is 21.2. The Morgan fingerprint density at radius 2 is 1.89 bits per heavy atom. The molecule has 1 saturated heterocycles. The smallest absolute Gasteiger partial charge is 0.163 e. The van der Waals surface area contributed by atoms with Crippen LogP contribution in [0.25, 0.3) is 0 Å². The predicted molar refractivity (Wildman–Crippen MR) is 74.4 cm³/mol. The molecule has 102 valence electrons. The predicted octanol–water partition coefficient (Wildman–Crippen LogP) is 2.95. The molecular formula is C15H25NO2. The first-order chi connectivity index (χ1) is 8.66. The molecule has 1 atom stereocenters. The van der Waals surface area contributed by atoms with Crippen molar-refractivity contribution in [2.75, 3.05) is 13.2 Å². The summed E-state index contributed by atoms with van der Waals surface area (Å²) in [6.07, 6.45) is 0.165. The van der Waals surface area contributed by atoms with E-state index in [-0.39, 0.29) is 6.10 Å². The number of nitrogens with one attached hydrogen (secondary N) is 1. The van der Waals surface area contributed by atoms with E-state index in [1.165, 1.54) is 5.56 Å². The molecule has 0 aliphatic carbocycles. The van der Waals surface area contributed by atoms with Gasteiger partial charge in [0.05, 0.1) is 12.7 Å². The van der Waals surface area contributed by atoms with Gasteiger partial charge < -0.3 is 14.8 Å². The Morgan fingerprint density at radius 3 is 2.44 bits per heavy atom. The molecular weight excluding hydrogens is 226 g/mol. The lowest BCUT2D eigenvalue weighted by atomic mass is 10.2. The number of ether oxygens (including phenoxy) is 2. The Labute approximate surface area is 110 Å². The average Bonchev–Trinajstić information content (AvgIpc) is 2.73. The summed E-state index contributed by atoms with van der Waals surface area (Å²) in [6.45, 7) is 10.3. The highest BCUT2D eigenvalue weighted by molar-refractivity contribution is 5.14. The molecule has 1 aromatic carbocycles. The monoisotopic (exact) mass is 251 g/mol. The van der Waals surface area contributed by atoms with Crippen LogP contribution in [-0.4, -0.2) is 25.0 Å². The molecule has 1 aliphatic rings. The zero-order valence-corrected chi connectivity index (χ0v) is 11.9. The van der Waals surface area contributed by atoms with Gasteiger partial charge in [0, 0.05) is 13.1 Å². The second-order valence-corrected chi connectivity index (χ2v) is 4.57. The first-order valence-corrected chi connectivity index (χ1v) is 6.72. The summed E-state index contributed by atoms with van der Waals surface area (Å²) in [5.74, 6) is -0.418. The van der Waals surface area contributed by atoms with Gasteiger partial charge in [-0.15, -0.1) is 0 Å². The van der Waals surface area contributed by atoms with Gasteiger partial charge in [-0.05, 0) is 19.4 Å². The van der Waals surface area contributed by atoms with E-state index in [1.54, 1.807) is 0 Å². The van der Waals surface area contributed by atoms with E-state index in [1.807, 2.05) is 33.8 Å². The molecule has 18 heavy (non-hydrogen) atoms. The van der Waals surface area contributed by atoms with Crippen LogP contribution in [0, 0.1) is 0 Å². The average molecular weight is 251 g/mol. The minimum Gasteiger partial charge on any atom is -0.348 e. The molecule has 1 aromatic rings. The molecule has 1 heterocycles. The minimum absolute atomic E-state index is 0.165. The fraction of sp³-hybridized carbons (Fsp3) is 0.600. The summed E-state index contributed by atoms with van der Waals surface area (Å²) in [4.78, 5) is 0. The van der Waals surface area contributed by atoms with E-state index >= 15 is 0 Å². The van der Waals surface area contributed by atoms with Crippen LogP contribution in [-0.2, 0) is 16.0 Å². The Kier molecular flexibility index (Phi) is 6.33. The summed E-state index contributed by atoms with van der Waals surface area (Å²) >= 11 is 0. The molecule has 1 aliphatic heterocycles. The van der Waals surface area contributed by atoms with Gasteiger partial charge in [-0.25, -0.2) is 0 Å². The Balaban J connectivity index is 0.000000771. The van der Waals surface area contributed by atoms with Crippen molar-refractivity contribution in [1.82, 2.24) is 5.32 Å². The first kappa shape index (κ1) is 15.2. The maximum atomic E-state index is 5.70. The fourth-order valence-corrected chi connectivity index (χ4v) is 1.84. The van der Waals surface area contributed by atoms with Gasteiger partial charge in [0.25, 0.3) is 0 Å². The number of hydrogen-bond donors (Lipinski definition) is 1. The molecule has 3 heteroatoms. The van der Waals surface area contributed by atoms with E-state index in [9.17, 15) is 0 Å². The molecule has 1 N–H and O–H groups in total. The molecule has 0 amide bonds. The van der Waals surface area contributed by atoms with Crippen molar-refractivity contribution in [3.8, 4) is 0 Å². The minimum atomic E-state index is -0.418. The third kappa shape index (κ3) is 5.17. The molecule has 0 aromatic heterocycles. The van der Waals surface area contributed by atoms with Crippen molar-refractivity contribution in [3.05, 3.63) is 35.9 Å². The molecule has 1 fully saturated rings. The van der Waals surface area contributed by atoms with Crippen LogP contribution in [0.4, 0.5) is 0 Å². The van der Waals surface area contributed by atoms with E-state index in [2.05, 4.69) is 29.6 Å². The summed E-state index contributed by atoms with van der Waals surface area (Å²) < 4.78 is 11.2. The second-order valence-electron chi connectivity index (χ2n) is 4.57. The lowest BCUT2D eigenvalue weighted by Gasteiger charge is -2.17. The van der Waals surface area contributed by atoms with Crippen LogP contribution in [0.1, 0.15) is 33.3 Å². The third-order valence-electron chi connectivity index (χ3n) is 2.61. The van der Waals surface area contributed by atoms with E-state index < -0.39 is 5.79 Å². The quantitative estimate of drug-likeness (QED) is 0.892. The van der Waals surface area contributed by atoms with Gasteiger partial charge in [-0.2, -0.15) is 0 Å². The molecule has 0 spiro atoms. The molecule has 0 radical (unpaired) electrons. The summed E-state index contributed by atoms with van der Waals surface area (Å²) in [5.41, 5.74) is 1.29. The molecule has 0 unspecified atom stereocenters. The Hall–Kier alpha value is -0.900.